The minimum absolute atomic E-state index is 0.0756. The molecule has 7 heteroatoms. The second kappa shape index (κ2) is 7.26. The predicted molar refractivity (Wildman–Crippen MR) is 81.2 cm³/mol. The molecule has 112 valence electrons. The molecule has 0 aliphatic carbocycles. The summed E-state index contributed by atoms with van der Waals surface area (Å²) in [7, 11) is -1.72. The van der Waals surface area contributed by atoms with Gasteiger partial charge >= 0.3 is 0 Å². The van der Waals surface area contributed by atoms with Crippen LogP contribution in [-0.2, 0) is 10.0 Å². The van der Waals surface area contributed by atoms with Crippen LogP contribution in [0.2, 0.25) is 0 Å². The lowest BCUT2D eigenvalue weighted by Crippen LogP contribution is -2.27. The Kier molecular flexibility index (Phi) is 5.38. The highest BCUT2D eigenvalue weighted by Crippen LogP contribution is 2.14. The van der Waals surface area contributed by atoms with Crippen LogP contribution in [0.4, 0.5) is 0 Å². The Morgan fingerprint density at radius 1 is 1.05 bits per heavy atom. The van der Waals surface area contributed by atoms with Crippen LogP contribution in [0.1, 0.15) is 6.42 Å². The first-order chi connectivity index (χ1) is 10.1. The number of hydrogen-bond donors (Lipinski definition) is 2. The van der Waals surface area contributed by atoms with Gasteiger partial charge in [-0.2, -0.15) is 0 Å². The summed E-state index contributed by atoms with van der Waals surface area (Å²) >= 11 is 0. The molecule has 2 rings (SSSR count). The number of hydrogen-bond acceptors (Lipinski definition) is 5. The molecule has 2 aromatic rings. The maximum absolute atomic E-state index is 12.0. The molecule has 0 amide bonds. The van der Waals surface area contributed by atoms with Crippen molar-refractivity contribution in [3.8, 4) is 11.4 Å². The van der Waals surface area contributed by atoms with Crippen molar-refractivity contribution < 1.29 is 8.42 Å². The van der Waals surface area contributed by atoms with Crippen LogP contribution in [0.15, 0.2) is 47.6 Å². The van der Waals surface area contributed by atoms with Gasteiger partial charge in [-0.15, -0.1) is 0 Å². The summed E-state index contributed by atoms with van der Waals surface area (Å²) in [5.41, 5.74) is 0.850. The van der Waals surface area contributed by atoms with E-state index in [1.807, 2.05) is 37.4 Å². The van der Waals surface area contributed by atoms with Crippen LogP contribution < -0.4 is 10.0 Å². The molecule has 0 saturated heterocycles. The lowest BCUT2D eigenvalue weighted by molar-refractivity contribution is 0.576. The van der Waals surface area contributed by atoms with Crippen molar-refractivity contribution in [1.82, 2.24) is 20.0 Å². The number of nitrogens with zero attached hydrogens (tertiary/aromatic N) is 2. The average Bonchev–Trinajstić information content (AvgIpc) is 2.53. The third-order valence-electron chi connectivity index (χ3n) is 2.87. The quantitative estimate of drug-likeness (QED) is 0.747. The molecule has 21 heavy (non-hydrogen) atoms. The predicted octanol–water partition coefficient (Wildman–Crippen LogP) is 1.03. The van der Waals surface area contributed by atoms with Gasteiger partial charge in [0.2, 0.25) is 10.0 Å². The number of benzene rings is 1. The van der Waals surface area contributed by atoms with Crippen molar-refractivity contribution in [3.05, 3.63) is 42.7 Å². The first-order valence-electron chi connectivity index (χ1n) is 6.65. The van der Waals surface area contributed by atoms with Crippen molar-refractivity contribution in [3.63, 3.8) is 0 Å². The molecular weight excluding hydrogens is 288 g/mol. The normalized spacial score (nSPS) is 11.5. The minimum Gasteiger partial charge on any atom is -0.320 e. The van der Waals surface area contributed by atoms with Gasteiger partial charge in [0.05, 0.1) is 12.4 Å². The van der Waals surface area contributed by atoms with Gasteiger partial charge in [-0.1, -0.05) is 30.3 Å². The molecule has 0 saturated carbocycles. The summed E-state index contributed by atoms with van der Waals surface area (Å²) in [6.07, 6.45) is 3.38. The van der Waals surface area contributed by atoms with Crippen LogP contribution in [-0.4, -0.2) is 38.5 Å². The van der Waals surface area contributed by atoms with Gasteiger partial charge in [0.15, 0.2) is 5.82 Å². The second-order valence-electron chi connectivity index (χ2n) is 4.46. The number of rotatable bonds is 7. The third-order valence-corrected chi connectivity index (χ3v) is 4.28. The Bertz CT molecular complexity index is 657. The summed E-state index contributed by atoms with van der Waals surface area (Å²) in [4.78, 5) is 8.31. The Labute approximate surface area is 124 Å². The van der Waals surface area contributed by atoms with E-state index >= 15 is 0 Å². The maximum atomic E-state index is 12.0. The molecular formula is C14H18N4O2S. The first-order valence-corrected chi connectivity index (χ1v) is 8.13. The standard InChI is InChI=1S/C14H18N4O2S/c1-15-8-5-9-18-21(19,20)13-10-16-14(17-11-13)12-6-3-2-4-7-12/h2-4,6-7,10-11,15,18H,5,8-9H2,1H3. The Balaban J connectivity index is 2.08. The van der Waals surface area contributed by atoms with E-state index in [1.165, 1.54) is 12.4 Å². The molecule has 0 radical (unpaired) electrons. The fraction of sp³-hybridized carbons (Fsp3) is 0.286. The zero-order valence-corrected chi connectivity index (χ0v) is 12.6. The van der Waals surface area contributed by atoms with Gasteiger partial charge in [0.1, 0.15) is 4.90 Å². The number of aromatic nitrogens is 2. The molecule has 0 bridgehead atoms. The van der Waals surface area contributed by atoms with Crippen molar-refractivity contribution in [1.29, 1.82) is 0 Å². The van der Waals surface area contributed by atoms with E-state index in [9.17, 15) is 8.42 Å². The van der Waals surface area contributed by atoms with Crippen molar-refractivity contribution in [2.45, 2.75) is 11.3 Å². The van der Waals surface area contributed by atoms with E-state index in [2.05, 4.69) is 20.0 Å². The van der Waals surface area contributed by atoms with Gasteiger partial charge < -0.3 is 5.32 Å². The highest BCUT2D eigenvalue weighted by Gasteiger charge is 2.14. The van der Waals surface area contributed by atoms with Gasteiger partial charge in [0, 0.05) is 12.1 Å². The van der Waals surface area contributed by atoms with Gasteiger partial charge in [-0.25, -0.2) is 23.1 Å². The zero-order valence-electron chi connectivity index (χ0n) is 11.8. The molecule has 0 spiro atoms. The van der Waals surface area contributed by atoms with Gasteiger partial charge in [-0.05, 0) is 20.0 Å². The zero-order chi connectivity index (χ0) is 15.1. The van der Waals surface area contributed by atoms with Crippen LogP contribution in [0.3, 0.4) is 0 Å². The van der Waals surface area contributed by atoms with Crippen molar-refractivity contribution >= 4 is 10.0 Å². The summed E-state index contributed by atoms with van der Waals surface area (Å²) in [5.74, 6) is 0.504. The monoisotopic (exact) mass is 306 g/mol. The second-order valence-corrected chi connectivity index (χ2v) is 6.23. The minimum atomic E-state index is -3.54. The summed E-state index contributed by atoms with van der Waals surface area (Å²) in [5, 5.41) is 2.96. The Hall–Kier alpha value is -1.83. The molecule has 1 aromatic heterocycles. The fourth-order valence-corrected chi connectivity index (χ4v) is 2.71. The fourth-order valence-electron chi connectivity index (χ4n) is 1.75. The molecule has 0 aliphatic rings. The van der Waals surface area contributed by atoms with Gasteiger partial charge in [0.25, 0.3) is 0 Å². The van der Waals surface area contributed by atoms with E-state index in [1.54, 1.807) is 0 Å². The lowest BCUT2D eigenvalue weighted by Gasteiger charge is -2.06. The highest BCUT2D eigenvalue weighted by atomic mass is 32.2. The average molecular weight is 306 g/mol. The molecule has 6 nitrogen and oxygen atoms in total. The first kappa shape index (κ1) is 15.6. The van der Waals surface area contributed by atoms with Crippen LogP contribution in [0.5, 0.6) is 0 Å². The highest BCUT2D eigenvalue weighted by molar-refractivity contribution is 7.89. The topological polar surface area (TPSA) is 84.0 Å². The maximum Gasteiger partial charge on any atom is 0.243 e. The summed E-state index contributed by atoms with van der Waals surface area (Å²) < 4.78 is 26.6. The molecule has 0 fully saturated rings. The van der Waals surface area contributed by atoms with E-state index < -0.39 is 10.0 Å². The van der Waals surface area contributed by atoms with E-state index in [0.29, 0.717) is 12.4 Å². The lowest BCUT2D eigenvalue weighted by atomic mass is 10.2. The third kappa shape index (κ3) is 4.32. The molecule has 0 atom stereocenters. The van der Waals surface area contributed by atoms with E-state index in [0.717, 1.165) is 18.5 Å². The van der Waals surface area contributed by atoms with Crippen molar-refractivity contribution in [2.24, 2.45) is 0 Å². The molecule has 1 heterocycles. The molecule has 0 unspecified atom stereocenters. The largest absolute Gasteiger partial charge is 0.320 e. The molecule has 0 aliphatic heterocycles. The van der Waals surface area contributed by atoms with Crippen molar-refractivity contribution in [2.75, 3.05) is 20.1 Å². The Morgan fingerprint density at radius 3 is 2.33 bits per heavy atom. The number of sulfonamides is 1. The van der Waals surface area contributed by atoms with Gasteiger partial charge in [-0.3, -0.25) is 0 Å². The Morgan fingerprint density at radius 2 is 1.71 bits per heavy atom. The van der Waals surface area contributed by atoms with Crippen LogP contribution in [0.25, 0.3) is 11.4 Å². The van der Waals surface area contributed by atoms with Crippen LogP contribution in [0, 0.1) is 0 Å². The van der Waals surface area contributed by atoms with Crippen LogP contribution >= 0.6 is 0 Å². The number of nitrogens with one attached hydrogen (secondary N) is 2. The summed E-state index contributed by atoms with van der Waals surface area (Å²) in [6, 6.07) is 9.41. The summed E-state index contributed by atoms with van der Waals surface area (Å²) in [6.45, 7) is 1.13. The smallest absolute Gasteiger partial charge is 0.243 e. The van der Waals surface area contributed by atoms with E-state index in [-0.39, 0.29) is 4.90 Å². The molecule has 1 aromatic carbocycles. The molecule has 2 N–H and O–H groups in total. The van der Waals surface area contributed by atoms with E-state index in [4.69, 9.17) is 0 Å². The SMILES string of the molecule is CNCCCNS(=O)(=O)c1cnc(-c2ccccc2)nc1.